The van der Waals surface area contributed by atoms with Crippen molar-refractivity contribution in [2.45, 2.75) is 19.4 Å². The van der Waals surface area contributed by atoms with Crippen molar-refractivity contribution in [1.29, 1.82) is 0 Å². The van der Waals surface area contributed by atoms with Crippen LogP contribution >= 0.6 is 0 Å². The Morgan fingerprint density at radius 3 is 2.50 bits per heavy atom. The smallest absolute Gasteiger partial charge is 0.211 e. The SMILES string of the molecule is CN1c2ccccc2C(C)(C)n2c1nc1ccccc12. The summed E-state index contributed by atoms with van der Waals surface area (Å²) < 4.78 is 2.34. The number of benzene rings is 2. The van der Waals surface area contributed by atoms with Gasteiger partial charge in [0.2, 0.25) is 5.95 Å². The summed E-state index contributed by atoms with van der Waals surface area (Å²) in [5.74, 6) is 1.01. The van der Waals surface area contributed by atoms with Crippen molar-refractivity contribution in [2.75, 3.05) is 11.9 Å². The molecule has 1 aromatic heterocycles. The van der Waals surface area contributed by atoms with Crippen LogP contribution in [0, 0.1) is 0 Å². The molecular formula is C17H17N3. The van der Waals surface area contributed by atoms with Gasteiger partial charge in [0, 0.05) is 18.3 Å². The first-order valence-corrected chi connectivity index (χ1v) is 6.92. The maximum atomic E-state index is 4.82. The second-order valence-corrected chi connectivity index (χ2v) is 5.87. The fraction of sp³-hybridized carbons (Fsp3) is 0.235. The number of aromatic nitrogens is 2. The molecule has 0 unspecified atom stereocenters. The molecule has 100 valence electrons. The third-order valence-electron chi connectivity index (χ3n) is 4.33. The van der Waals surface area contributed by atoms with Gasteiger partial charge in [0.05, 0.1) is 16.6 Å². The third kappa shape index (κ3) is 1.27. The zero-order valence-electron chi connectivity index (χ0n) is 12.0. The van der Waals surface area contributed by atoms with E-state index in [2.05, 4.69) is 72.8 Å². The Hall–Kier alpha value is -2.29. The van der Waals surface area contributed by atoms with Crippen molar-refractivity contribution in [2.24, 2.45) is 0 Å². The zero-order chi connectivity index (χ0) is 13.9. The molecule has 0 atom stereocenters. The molecule has 2 heterocycles. The number of anilines is 2. The van der Waals surface area contributed by atoms with Crippen LogP contribution in [0.25, 0.3) is 11.0 Å². The predicted molar refractivity (Wildman–Crippen MR) is 82.7 cm³/mol. The molecule has 0 saturated carbocycles. The summed E-state index contributed by atoms with van der Waals surface area (Å²) in [7, 11) is 2.09. The molecule has 2 aromatic carbocycles. The lowest BCUT2D eigenvalue weighted by Crippen LogP contribution is -2.36. The summed E-state index contributed by atoms with van der Waals surface area (Å²) in [4.78, 5) is 7.00. The molecule has 0 spiro atoms. The molecule has 20 heavy (non-hydrogen) atoms. The van der Waals surface area contributed by atoms with E-state index < -0.39 is 0 Å². The van der Waals surface area contributed by atoms with Gasteiger partial charge in [-0.25, -0.2) is 4.98 Å². The Labute approximate surface area is 118 Å². The van der Waals surface area contributed by atoms with Crippen molar-refractivity contribution in [3.05, 3.63) is 54.1 Å². The van der Waals surface area contributed by atoms with E-state index in [1.165, 1.54) is 16.8 Å². The molecule has 0 fully saturated rings. The van der Waals surface area contributed by atoms with Crippen LogP contribution < -0.4 is 4.90 Å². The van der Waals surface area contributed by atoms with Gasteiger partial charge in [-0.05, 0) is 32.0 Å². The lowest BCUT2D eigenvalue weighted by atomic mass is 9.90. The van der Waals surface area contributed by atoms with Gasteiger partial charge in [0.1, 0.15) is 0 Å². The van der Waals surface area contributed by atoms with E-state index in [4.69, 9.17) is 4.98 Å². The van der Waals surface area contributed by atoms with E-state index in [0.29, 0.717) is 0 Å². The van der Waals surface area contributed by atoms with Gasteiger partial charge in [-0.1, -0.05) is 30.3 Å². The van der Waals surface area contributed by atoms with Gasteiger partial charge in [-0.2, -0.15) is 0 Å². The Kier molecular flexibility index (Phi) is 2.09. The molecule has 0 bridgehead atoms. The molecule has 0 saturated heterocycles. The first-order valence-electron chi connectivity index (χ1n) is 6.92. The lowest BCUT2D eigenvalue weighted by Gasteiger charge is -2.39. The van der Waals surface area contributed by atoms with Crippen molar-refractivity contribution in [3.63, 3.8) is 0 Å². The van der Waals surface area contributed by atoms with Crippen LogP contribution in [0.1, 0.15) is 19.4 Å². The third-order valence-corrected chi connectivity index (χ3v) is 4.33. The average molecular weight is 263 g/mol. The number of imidazole rings is 1. The number of rotatable bonds is 0. The van der Waals surface area contributed by atoms with Gasteiger partial charge < -0.3 is 9.47 Å². The Morgan fingerprint density at radius 2 is 1.65 bits per heavy atom. The molecule has 0 N–H and O–H groups in total. The van der Waals surface area contributed by atoms with E-state index in [1.807, 2.05) is 6.07 Å². The van der Waals surface area contributed by atoms with E-state index in [1.54, 1.807) is 0 Å². The minimum absolute atomic E-state index is 0.103. The van der Waals surface area contributed by atoms with Crippen LogP contribution in [0.5, 0.6) is 0 Å². The molecule has 3 heteroatoms. The van der Waals surface area contributed by atoms with Crippen LogP contribution in [0.15, 0.2) is 48.5 Å². The lowest BCUT2D eigenvalue weighted by molar-refractivity contribution is 0.440. The average Bonchev–Trinajstić information content (AvgIpc) is 2.86. The molecular weight excluding hydrogens is 246 g/mol. The van der Waals surface area contributed by atoms with Crippen LogP contribution in [0.2, 0.25) is 0 Å². The number of hydrogen-bond acceptors (Lipinski definition) is 2. The van der Waals surface area contributed by atoms with Gasteiger partial charge in [-0.3, -0.25) is 0 Å². The van der Waals surface area contributed by atoms with Crippen molar-refractivity contribution >= 4 is 22.7 Å². The van der Waals surface area contributed by atoms with Gasteiger partial charge in [0.25, 0.3) is 0 Å². The molecule has 0 aliphatic carbocycles. The Bertz CT molecular complexity index is 814. The quantitative estimate of drug-likeness (QED) is 0.613. The maximum Gasteiger partial charge on any atom is 0.211 e. The van der Waals surface area contributed by atoms with Crippen molar-refractivity contribution in [1.82, 2.24) is 9.55 Å². The molecule has 1 aliphatic heterocycles. The number of nitrogens with zero attached hydrogens (tertiary/aromatic N) is 3. The standard InChI is InChI=1S/C17H17N3/c1-17(2)12-8-4-6-10-14(12)19(3)16-18-13-9-5-7-11-15(13)20(16)17/h4-11H,1-3H3. The number of para-hydroxylation sites is 3. The van der Waals surface area contributed by atoms with Crippen molar-refractivity contribution < 1.29 is 0 Å². The summed E-state index contributed by atoms with van der Waals surface area (Å²) in [6.07, 6.45) is 0. The highest BCUT2D eigenvalue weighted by molar-refractivity contribution is 5.83. The zero-order valence-corrected chi connectivity index (χ0v) is 12.0. The fourth-order valence-electron chi connectivity index (χ4n) is 3.30. The number of hydrogen-bond donors (Lipinski definition) is 0. The van der Waals surface area contributed by atoms with E-state index in [9.17, 15) is 0 Å². The Balaban J connectivity index is 2.13. The first-order chi connectivity index (χ1) is 9.60. The normalized spacial score (nSPS) is 16.1. The molecule has 1 aliphatic rings. The monoisotopic (exact) mass is 263 g/mol. The van der Waals surface area contributed by atoms with E-state index >= 15 is 0 Å². The molecule has 3 aromatic rings. The molecule has 0 amide bonds. The van der Waals surface area contributed by atoms with E-state index in [-0.39, 0.29) is 5.54 Å². The van der Waals surface area contributed by atoms with Gasteiger partial charge in [0.15, 0.2) is 0 Å². The van der Waals surface area contributed by atoms with Crippen LogP contribution in [0.4, 0.5) is 11.6 Å². The van der Waals surface area contributed by atoms with Gasteiger partial charge >= 0.3 is 0 Å². The first kappa shape index (κ1) is 11.5. The summed E-state index contributed by atoms with van der Waals surface area (Å²) in [5.41, 5.74) is 4.71. The molecule has 4 rings (SSSR count). The molecule has 0 radical (unpaired) electrons. The largest absolute Gasteiger partial charge is 0.315 e. The minimum Gasteiger partial charge on any atom is -0.315 e. The minimum atomic E-state index is -0.103. The van der Waals surface area contributed by atoms with Crippen LogP contribution in [-0.4, -0.2) is 16.6 Å². The highest BCUT2D eigenvalue weighted by Gasteiger charge is 2.36. The fourth-order valence-corrected chi connectivity index (χ4v) is 3.30. The van der Waals surface area contributed by atoms with Crippen LogP contribution in [-0.2, 0) is 5.54 Å². The summed E-state index contributed by atoms with van der Waals surface area (Å²) in [5, 5.41) is 0. The predicted octanol–water partition coefficient (Wildman–Crippen LogP) is 3.90. The van der Waals surface area contributed by atoms with Crippen molar-refractivity contribution in [3.8, 4) is 0 Å². The summed E-state index contributed by atoms with van der Waals surface area (Å²) in [6, 6.07) is 16.9. The van der Waals surface area contributed by atoms with E-state index in [0.717, 1.165) is 11.5 Å². The molecule has 3 nitrogen and oxygen atoms in total. The second-order valence-electron chi connectivity index (χ2n) is 5.87. The highest BCUT2D eigenvalue weighted by Crippen LogP contribution is 2.44. The van der Waals surface area contributed by atoms with Crippen LogP contribution in [0.3, 0.4) is 0 Å². The second kappa shape index (κ2) is 3.63. The maximum absolute atomic E-state index is 4.82. The number of fused-ring (bicyclic) bond motifs is 4. The highest BCUT2D eigenvalue weighted by atomic mass is 15.3. The Morgan fingerprint density at radius 1 is 0.950 bits per heavy atom. The summed E-state index contributed by atoms with van der Waals surface area (Å²) in [6.45, 7) is 4.52. The topological polar surface area (TPSA) is 21.1 Å². The van der Waals surface area contributed by atoms with Gasteiger partial charge in [-0.15, -0.1) is 0 Å². The summed E-state index contributed by atoms with van der Waals surface area (Å²) >= 11 is 0.